The van der Waals surface area contributed by atoms with Crippen molar-refractivity contribution in [2.45, 2.75) is 20.0 Å². The molecule has 1 aliphatic heterocycles. The zero-order valence-corrected chi connectivity index (χ0v) is 15.9. The number of morpholine rings is 1. The van der Waals surface area contributed by atoms with Crippen molar-refractivity contribution in [1.82, 2.24) is 14.9 Å². The lowest BCUT2D eigenvalue weighted by molar-refractivity contribution is -0.0402. The van der Waals surface area contributed by atoms with E-state index in [-0.39, 0.29) is 6.10 Å². The molecule has 1 fully saturated rings. The molecule has 0 unspecified atom stereocenters. The van der Waals surface area contributed by atoms with Crippen LogP contribution in [0.5, 0.6) is 5.75 Å². The second-order valence-corrected chi connectivity index (χ2v) is 6.69. The minimum Gasteiger partial charge on any atom is -0.489 e. The highest BCUT2D eigenvalue weighted by molar-refractivity contribution is 6.00. The molecule has 2 aromatic rings. The molecule has 1 aliphatic rings. The van der Waals surface area contributed by atoms with E-state index in [1.54, 1.807) is 6.20 Å². The summed E-state index contributed by atoms with van der Waals surface area (Å²) >= 11 is 0. The van der Waals surface area contributed by atoms with Gasteiger partial charge in [-0.1, -0.05) is 6.07 Å². The molecule has 2 heterocycles. The third-order valence-electron chi connectivity index (χ3n) is 4.17. The number of urea groups is 1. The number of aryl methyl sites for hydroxylation is 2. The van der Waals surface area contributed by atoms with Gasteiger partial charge in [-0.25, -0.2) is 9.78 Å². The standard InChI is InChI=1S/C19H25N5O3/c1-13-4-5-17(27-12-15-11-24(3)6-7-26-15)16(8-13)22-19(25)23-18-10-20-14(2)9-21-18/h4-5,8-10,15H,6-7,11-12H2,1-3H3,(H2,21,22,23,25)/t15-/m0/s1. The summed E-state index contributed by atoms with van der Waals surface area (Å²) in [6.07, 6.45) is 3.12. The van der Waals surface area contributed by atoms with E-state index in [0.717, 1.165) is 24.3 Å². The lowest BCUT2D eigenvalue weighted by Gasteiger charge is -2.30. The van der Waals surface area contributed by atoms with Gasteiger partial charge in [0.15, 0.2) is 5.82 Å². The van der Waals surface area contributed by atoms with Gasteiger partial charge < -0.3 is 19.7 Å². The zero-order valence-electron chi connectivity index (χ0n) is 15.9. The van der Waals surface area contributed by atoms with Crippen molar-refractivity contribution in [3.63, 3.8) is 0 Å². The number of anilines is 2. The van der Waals surface area contributed by atoms with Crippen LogP contribution in [0.25, 0.3) is 0 Å². The first-order valence-corrected chi connectivity index (χ1v) is 8.90. The van der Waals surface area contributed by atoms with Crippen molar-refractivity contribution < 1.29 is 14.3 Å². The summed E-state index contributed by atoms with van der Waals surface area (Å²) in [5.74, 6) is 0.981. The van der Waals surface area contributed by atoms with Crippen LogP contribution in [-0.2, 0) is 4.74 Å². The number of hydrogen-bond acceptors (Lipinski definition) is 6. The predicted molar refractivity (Wildman–Crippen MR) is 103 cm³/mol. The first-order valence-electron chi connectivity index (χ1n) is 8.90. The Morgan fingerprint density at radius 1 is 1.30 bits per heavy atom. The Morgan fingerprint density at radius 2 is 2.15 bits per heavy atom. The highest BCUT2D eigenvalue weighted by Gasteiger charge is 2.19. The van der Waals surface area contributed by atoms with Crippen molar-refractivity contribution in [1.29, 1.82) is 0 Å². The van der Waals surface area contributed by atoms with Crippen molar-refractivity contribution in [3.8, 4) is 5.75 Å². The number of benzene rings is 1. The van der Waals surface area contributed by atoms with Gasteiger partial charge >= 0.3 is 6.03 Å². The summed E-state index contributed by atoms with van der Waals surface area (Å²) in [7, 11) is 2.06. The molecule has 1 aromatic carbocycles. The fraction of sp³-hybridized carbons (Fsp3) is 0.421. The van der Waals surface area contributed by atoms with Gasteiger partial charge in [0.1, 0.15) is 18.5 Å². The van der Waals surface area contributed by atoms with Gasteiger partial charge in [-0.05, 0) is 38.6 Å². The number of nitrogens with zero attached hydrogens (tertiary/aromatic N) is 3. The molecule has 0 bridgehead atoms. The molecule has 8 nitrogen and oxygen atoms in total. The van der Waals surface area contributed by atoms with Crippen LogP contribution in [0.1, 0.15) is 11.3 Å². The lowest BCUT2D eigenvalue weighted by atomic mass is 10.2. The summed E-state index contributed by atoms with van der Waals surface area (Å²) < 4.78 is 11.6. The van der Waals surface area contributed by atoms with Crippen LogP contribution >= 0.6 is 0 Å². The number of likely N-dealkylation sites (N-methyl/N-ethyl adjacent to an activating group) is 1. The molecule has 1 saturated heterocycles. The smallest absolute Gasteiger partial charge is 0.324 e. The molecule has 1 atom stereocenters. The first-order chi connectivity index (χ1) is 13.0. The summed E-state index contributed by atoms with van der Waals surface area (Å²) in [6, 6.07) is 5.25. The van der Waals surface area contributed by atoms with E-state index in [0.29, 0.717) is 30.5 Å². The maximum atomic E-state index is 12.3. The average molecular weight is 371 g/mol. The Morgan fingerprint density at radius 3 is 2.89 bits per heavy atom. The minimum atomic E-state index is -0.405. The SMILES string of the molecule is Cc1ccc(OC[C@@H]2CN(C)CCO2)c(NC(=O)Nc2cnc(C)cn2)c1. The molecule has 3 rings (SSSR count). The van der Waals surface area contributed by atoms with E-state index in [1.165, 1.54) is 6.20 Å². The second-order valence-electron chi connectivity index (χ2n) is 6.69. The number of carbonyl (C=O) groups excluding carboxylic acids is 1. The average Bonchev–Trinajstić information content (AvgIpc) is 2.63. The molecule has 144 valence electrons. The van der Waals surface area contributed by atoms with Crippen molar-refractivity contribution in [3.05, 3.63) is 41.9 Å². The molecule has 27 heavy (non-hydrogen) atoms. The highest BCUT2D eigenvalue weighted by Crippen LogP contribution is 2.26. The van der Waals surface area contributed by atoms with Crippen LogP contribution < -0.4 is 15.4 Å². The van der Waals surface area contributed by atoms with Crippen molar-refractivity contribution in [2.75, 3.05) is 44.0 Å². The van der Waals surface area contributed by atoms with E-state index in [4.69, 9.17) is 9.47 Å². The Hall–Kier alpha value is -2.71. The Bertz CT molecular complexity index is 781. The number of ether oxygens (including phenoxy) is 2. The van der Waals surface area contributed by atoms with Gasteiger partial charge in [-0.3, -0.25) is 10.3 Å². The molecule has 2 N–H and O–H groups in total. The topological polar surface area (TPSA) is 88.6 Å². The van der Waals surface area contributed by atoms with Gasteiger partial charge in [0.05, 0.1) is 30.4 Å². The highest BCUT2D eigenvalue weighted by atomic mass is 16.5. The molecule has 1 aromatic heterocycles. The maximum absolute atomic E-state index is 12.3. The molecule has 8 heteroatoms. The fourth-order valence-corrected chi connectivity index (χ4v) is 2.74. The van der Waals surface area contributed by atoms with Crippen LogP contribution in [0, 0.1) is 13.8 Å². The fourth-order valence-electron chi connectivity index (χ4n) is 2.74. The molecular weight excluding hydrogens is 346 g/mol. The number of carbonyl (C=O) groups is 1. The van der Waals surface area contributed by atoms with E-state index in [1.807, 2.05) is 32.0 Å². The molecular formula is C19H25N5O3. The van der Waals surface area contributed by atoms with E-state index < -0.39 is 6.03 Å². The largest absolute Gasteiger partial charge is 0.489 e. The Kier molecular flexibility index (Phi) is 6.20. The molecule has 0 saturated carbocycles. The van der Waals surface area contributed by atoms with E-state index >= 15 is 0 Å². The van der Waals surface area contributed by atoms with Crippen molar-refractivity contribution >= 4 is 17.5 Å². The van der Waals surface area contributed by atoms with Crippen LogP contribution in [0.2, 0.25) is 0 Å². The number of amides is 2. The third-order valence-corrected chi connectivity index (χ3v) is 4.17. The summed E-state index contributed by atoms with van der Waals surface area (Å²) in [4.78, 5) is 22.7. The summed E-state index contributed by atoms with van der Waals surface area (Å²) in [5.41, 5.74) is 2.39. The van der Waals surface area contributed by atoms with E-state index in [2.05, 4.69) is 32.5 Å². The molecule has 0 aliphatic carbocycles. The zero-order chi connectivity index (χ0) is 19.2. The molecule has 0 spiro atoms. The van der Waals surface area contributed by atoms with Gasteiger partial charge in [-0.2, -0.15) is 0 Å². The quantitative estimate of drug-likeness (QED) is 0.839. The normalized spacial score (nSPS) is 17.4. The Balaban J connectivity index is 1.62. The van der Waals surface area contributed by atoms with Crippen LogP contribution in [0.15, 0.2) is 30.6 Å². The maximum Gasteiger partial charge on any atom is 0.324 e. The summed E-state index contributed by atoms with van der Waals surface area (Å²) in [6.45, 7) is 6.66. The van der Waals surface area contributed by atoms with Crippen LogP contribution in [0.4, 0.5) is 16.3 Å². The van der Waals surface area contributed by atoms with Crippen molar-refractivity contribution in [2.24, 2.45) is 0 Å². The lowest BCUT2D eigenvalue weighted by Crippen LogP contribution is -2.42. The number of rotatable bonds is 5. The van der Waals surface area contributed by atoms with Gasteiger partial charge in [0, 0.05) is 13.1 Å². The van der Waals surface area contributed by atoms with Crippen LogP contribution in [0.3, 0.4) is 0 Å². The van der Waals surface area contributed by atoms with Gasteiger partial charge in [0.2, 0.25) is 0 Å². The van der Waals surface area contributed by atoms with Gasteiger partial charge in [0.25, 0.3) is 0 Å². The van der Waals surface area contributed by atoms with Gasteiger partial charge in [-0.15, -0.1) is 0 Å². The number of hydrogen-bond donors (Lipinski definition) is 2. The van der Waals surface area contributed by atoms with E-state index in [9.17, 15) is 4.79 Å². The number of aromatic nitrogens is 2. The second kappa shape index (κ2) is 8.79. The monoisotopic (exact) mass is 371 g/mol. The Labute approximate surface area is 158 Å². The molecule has 2 amide bonds. The summed E-state index contributed by atoms with van der Waals surface area (Å²) in [5, 5.41) is 5.48. The molecule has 0 radical (unpaired) electrons. The minimum absolute atomic E-state index is 0.00885. The number of nitrogens with one attached hydrogen (secondary N) is 2. The third kappa shape index (κ3) is 5.63. The van der Waals surface area contributed by atoms with Crippen LogP contribution in [-0.4, -0.2) is 60.4 Å². The first kappa shape index (κ1) is 19.1. The predicted octanol–water partition coefficient (Wildman–Crippen LogP) is 2.45.